The molecule has 1 aromatic rings. The van der Waals surface area contributed by atoms with E-state index in [9.17, 15) is 19.2 Å². The van der Waals surface area contributed by atoms with E-state index in [4.69, 9.17) is 18.9 Å². The normalized spacial score (nSPS) is 21.8. The molecule has 0 spiro atoms. The summed E-state index contributed by atoms with van der Waals surface area (Å²) in [5, 5.41) is 2.96. The molecule has 3 aliphatic rings. The number of ether oxygens (including phenoxy) is 4. The van der Waals surface area contributed by atoms with Crippen molar-refractivity contribution in [3.63, 3.8) is 0 Å². The summed E-state index contributed by atoms with van der Waals surface area (Å²) in [5.41, 5.74) is -0.504. The van der Waals surface area contributed by atoms with Gasteiger partial charge in [0.15, 0.2) is 5.60 Å². The number of carbonyl (C=O) groups is 4. The molecule has 2 aliphatic heterocycles. The van der Waals surface area contributed by atoms with Gasteiger partial charge in [0, 0.05) is 58.2 Å². The maximum Gasteiger partial charge on any atom is 0.410 e. The van der Waals surface area contributed by atoms with Crippen molar-refractivity contribution in [3.8, 4) is 5.75 Å². The highest BCUT2D eigenvalue weighted by Crippen LogP contribution is 2.43. The second-order valence-electron chi connectivity index (χ2n) is 13.9. The van der Waals surface area contributed by atoms with Gasteiger partial charge in [-0.3, -0.25) is 14.4 Å². The fraction of sp³-hybridized carbons (Fsp3) is 0.697. The third-order valence-electron chi connectivity index (χ3n) is 8.14. The zero-order chi connectivity index (χ0) is 33.1. The van der Waals surface area contributed by atoms with Crippen LogP contribution in [0.4, 0.5) is 16.2 Å². The van der Waals surface area contributed by atoms with Crippen LogP contribution in [-0.2, 0) is 28.6 Å². The molecule has 2 fully saturated rings. The predicted molar refractivity (Wildman–Crippen MR) is 169 cm³/mol. The van der Waals surface area contributed by atoms with Crippen LogP contribution in [0.25, 0.3) is 0 Å². The first kappa shape index (κ1) is 34.5. The third-order valence-corrected chi connectivity index (χ3v) is 8.14. The summed E-state index contributed by atoms with van der Waals surface area (Å²) in [6, 6.07) is 5.26. The summed E-state index contributed by atoms with van der Waals surface area (Å²) >= 11 is 0. The first-order valence-corrected chi connectivity index (χ1v) is 15.9. The summed E-state index contributed by atoms with van der Waals surface area (Å²) in [5.74, 6) is -1.23. The van der Waals surface area contributed by atoms with E-state index < -0.39 is 29.1 Å². The number of fused-ring (bicyclic) bond motifs is 1. The topological polar surface area (TPSA) is 127 Å². The molecule has 4 amide bonds. The van der Waals surface area contributed by atoms with Crippen LogP contribution < -0.4 is 19.9 Å². The molecule has 45 heavy (non-hydrogen) atoms. The van der Waals surface area contributed by atoms with Gasteiger partial charge >= 0.3 is 6.09 Å². The van der Waals surface area contributed by atoms with Crippen LogP contribution in [0.5, 0.6) is 5.75 Å². The van der Waals surface area contributed by atoms with E-state index in [2.05, 4.69) is 5.32 Å². The van der Waals surface area contributed by atoms with Crippen LogP contribution in [0.1, 0.15) is 67.2 Å². The summed E-state index contributed by atoms with van der Waals surface area (Å²) in [6.45, 7) is 12.3. The van der Waals surface area contributed by atoms with Crippen LogP contribution in [0, 0.1) is 11.8 Å². The highest BCUT2D eigenvalue weighted by atomic mass is 16.6. The van der Waals surface area contributed by atoms with Crippen molar-refractivity contribution in [1.82, 2.24) is 10.2 Å². The molecule has 12 heteroatoms. The molecular formula is C33H50N4O8. The molecule has 3 atom stereocenters. The number of methoxy groups -OCH3 is 2. The standard InChI is InChI=1S/C33H50N4O8/c1-21(20-43-8)34-28(38)22-16-23(19-35(18-22)31(41)45-32(2,3)4)29(39)37(24-10-11-24)25-12-13-27-26(17-25)36(14-9-15-42-7)30(40)33(5,6)44-27/h12-13,17,21-24H,9-11,14-16,18-20H2,1-8H3,(H,34,38)/t21-,22+,23-/m1/s1. The Bertz CT molecular complexity index is 1260. The molecular weight excluding hydrogens is 580 g/mol. The van der Waals surface area contributed by atoms with Gasteiger partial charge in [0.05, 0.1) is 24.1 Å². The number of hydrogen-bond acceptors (Lipinski definition) is 8. The van der Waals surface area contributed by atoms with Crippen molar-refractivity contribution in [2.45, 2.75) is 90.5 Å². The second-order valence-corrected chi connectivity index (χ2v) is 13.9. The molecule has 0 radical (unpaired) electrons. The first-order valence-electron chi connectivity index (χ1n) is 15.9. The minimum Gasteiger partial charge on any atom is -0.476 e. The number of likely N-dealkylation sites (tertiary alicyclic amines) is 1. The Labute approximate surface area is 266 Å². The summed E-state index contributed by atoms with van der Waals surface area (Å²) in [7, 11) is 3.19. The van der Waals surface area contributed by atoms with Crippen LogP contribution in [0.15, 0.2) is 18.2 Å². The molecule has 1 aromatic carbocycles. The minimum atomic E-state index is -1.03. The first-order chi connectivity index (χ1) is 21.1. The van der Waals surface area contributed by atoms with Gasteiger partial charge < -0.3 is 39.0 Å². The van der Waals surface area contributed by atoms with Crippen LogP contribution in [0.3, 0.4) is 0 Å². The summed E-state index contributed by atoms with van der Waals surface area (Å²) in [6.07, 6.45) is 2.05. The maximum absolute atomic E-state index is 14.4. The highest BCUT2D eigenvalue weighted by molar-refractivity contribution is 6.04. The lowest BCUT2D eigenvalue weighted by Crippen LogP contribution is -2.54. The van der Waals surface area contributed by atoms with E-state index in [0.717, 1.165) is 12.8 Å². The smallest absolute Gasteiger partial charge is 0.410 e. The average molecular weight is 631 g/mol. The molecule has 1 saturated heterocycles. The Hall–Kier alpha value is -3.38. The Kier molecular flexibility index (Phi) is 10.7. The summed E-state index contributed by atoms with van der Waals surface area (Å²) in [4.78, 5) is 59.4. The van der Waals surface area contributed by atoms with Crippen molar-refractivity contribution >= 4 is 35.2 Å². The van der Waals surface area contributed by atoms with E-state index in [1.165, 1.54) is 4.90 Å². The van der Waals surface area contributed by atoms with E-state index in [-0.39, 0.29) is 49.3 Å². The zero-order valence-electron chi connectivity index (χ0n) is 28.0. The SMILES string of the molecule is COCCCN1C(=O)C(C)(C)Oc2ccc(N(C(=O)[C@@H]3C[C@H](C(=O)N[C@H](C)COC)CN(C(=O)OC(C)(C)C)C3)C3CC3)cc21. The highest BCUT2D eigenvalue weighted by Gasteiger charge is 2.45. The number of piperidine rings is 1. The van der Waals surface area contributed by atoms with Gasteiger partial charge in [0.25, 0.3) is 5.91 Å². The molecule has 1 N–H and O–H groups in total. The number of anilines is 2. The molecule has 0 aromatic heterocycles. The Morgan fingerprint density at radius 1 is 1.11 bits per heavy atom. The van der Waals surface area contributed by atoms with E-state index in [0.29, 0.717) is 43.3 Å². The minimum absolute atomic E-state index is 0.0138. The van der Waals surface area contributed by atoms with Crippen molar-refractivity contribution in [2.24, 2.45) is 11.8 Å². The lowest BCUT2D eigenvalue weighted by Gasteiger charge is -2.40. The van der Waals surface area contributed by atoms with Crippen molar-refractivity contribution < 1.29 is 38.1 Å². The molecule has 0 bridgehead atoms. The fourth-order valence-electron chi connectivity index (χ4n) is 5.94. The van der Waals surface area contributed by atoms with Crippen LogP contribution in [-0.4, -0.2) is 99.1 Å². The molecule has 1 saturated carbocycles. The number of amides is 4. The summed E-state index contributed by atoms with van der Waals surface area (Å²) < 4.78 is 22.1. The zero-order valence-corrected chi connectivity index (χ0v) is 28.0. The van der Waals surface area contributed by atoms with Crippen molar-refractivity contribution in [2.75, 3.05) is 56.9 Å². The van der Waals surface area contributed by atoms with Gasteiger partial charge in [-0.05, 0) is 85.4 Å². The van der Waals surface area contributed by atoms with Gasteiger partial charge in [0.2, 0.25) is 11.8 Å². The number of benzene rings is 1. The molecule has 0 unspecified atom stereocenters. The lowest BCUT2D eigenvalue weighted by atomic mass is 9.87. The number of carbonyl (C=O) groups excluding carboxylic acids is 4. The maximum atomic E-state index is 14.4. The fourth-order valence-corrected chi connectivity index (χ4v) is 5.94. The number of rotatable bonds is 11. The second kappa shape index (κ2) is 13.9. The number of nitrogens with zero attached hydrogens (tertiary/aromatic N) is 3. The van der Waals surface area contributed by atoms with Gasteiger partial charge in [0.1, 0.15) is 11.4 Å². The van der Waals surface area contributed by atoms with Crippen LogP contribution in [0.2, 0.25) is 0 Å². The van der Waals surface area contributed by atoms with E-state index >= 15 is 0 Å². The number of nitrogens with one attached hydrogen (secondary N) is 1. The Morgan fingerprint density at radius 3 is 2.42 bits per heavy atom. The lowest BCUT2D eigenvalue weighted by molar-refractivity contribution is -0.133. The van der Waals surface area contributed by atoms with Gasteiger partial charge in [-0.25, -0.2) is 4.79 Å². The van der Waals surface area contributed by atoms with Gasteiger partial charge in [-0.15, -0.1) is 0 Å². The average Bonchev–Trinajstić information content (AvgIpc) is 3.79. The van der Waals surface area contributed by atoms with Crippen LogP contribution >= 0.6 is 0 Å². The van der Waals surface area contributed by atoms with Gasteiger partial charge in [-0.1, -0.05) is 0 Å². The quantitative estimate of drug-likeness (QED) is 0.367. The van der Waals surface area contributed by atoms with Gasteiger partial charge in [-0.2, -0.15) is 0 Å². The van der Waals surface area contributed by atoms with E-state index in [1.54, 1.807) is 58.6 Å². The van der Waals surface area contributed by atoms with Crippen molar-refractivity contribution in [1.29, 1.82) is 0 Å². The number of hydrogen-bond donors (Lipinski definition) is 1. The molecule has 12 nitrogen and oxygen atoms in total. The monoisotopic (exact) mass is 630 g/mol. The predicted octanol–water partition coefficient (Wildman–Crippen LogP) is 3.75. The Balaban J connectivity index is 1.64. The molecule has 4 rings (SSSR count). The molecule has 1 aliphatic carbocycles. The Morgan fingerprint density at radius 2 is 1.80 bits per heavy atom. The third kappa shape index (κ3) is 8.46. The van der Waals surface area contributed by atoms with Crippen molar-refractivity contribution in [3.05, 3.63) is 18.2 Å². The molecule has 250 valence electrons. The molecule has 2 heterocycles. The van der Waals surface area contributed by atoms with E-state index in [1.807, 2.05) is 25.1 Å². The largest absolute Gasteiger partial charge is 0.476 e.